The summed E-state index contributed by atoms with van der Waals surface area (Å²) in [6, 6.07) is 9.79. The lowest BCUT2D eigenvalue weighted by Gasteiger charge is -2.11. The molecule has 0 fully saturated rings. The summed E-state index contributed by atoms with van der Waals surface area (Å²) < 4.78 is 20.7. The van der Waals surface area contributed by atoms with E-state index in [1.807, 2.05) is 0 Å². The van der Waals surface area contributed by atoms with Crippen LogP contribution in [0.15, 0.2) is 50.5 Å². The summed E-state index contributed by atoms with van der Waals surface area (Å²) in [6.45, 7) is 0.0342. The lowest BCUT2D eigenvalue weighted by Crippen LogP contribution is -2.15. The maximum atomic E-state index is 13.7. The van der Waals surface area contributed by atoms with Crippen molar-refractivity contribution in [2.45, 2.75) is 6.61 Å². The molecule has 2 rings (SSSR count). The highest BCUT2D eigenvalue weighted by Crippen LogP contribution is 2.25. The first-order chi connectivity index (χ1) is 10.0. The maximum Gasteiger partial charge on any atom is 0.173 e. The largest absolute Gasteiger partial charge is 0.488 e. The SMILES string of the molecule is N/C(=N/O)c1cc(Br)ccc1OCc1ccc(Br)cc1F. The van der Waals surface area contributed by atoms with Gasteiger partial charge in [-0.3, -0.25) is 0 Å². The fourth-order valence-corrected chi connectivity index (χ4v) is 2.37. The van der Waals surface area contributed by atoms with Gasteiger partial charge < -0.3 is 15.7 Å². The number of hydrogen-bond donors (Lipinski definition) is 2. The summed E-state index contributed by atoms with van der Waals surface area (Å²) in [4.78, 5) is 0. The summed E-state index contributed by atoms with van der Waals surface area (Å²) >= 11 is 6.49. The van der Waals surface area contributed by atoms with E-state index < -0.39 is 0 Å². The minimum Gasteiger partial charge on any atom is -0.488 e. The van der Waals surface area contributed by atoms with E-state index in [1.54, 1.807) is 30.3 Å². The smallest absolute Gasteiger partial charge is 0.173 e. The lowest BCUT2D eigenvalue weighted by atomic mass is 10.2. The van der Waals surface area contributed by atoms with Gasteiger partial charge in [0, 0.05) is 14.5 Å². The molecule has 0 saturated carbocycles. The van der Waals surface area contributed by atoms with Crippen LogP contribution in [0.3, 0.4) is 0 Å². The van der Waals surface area contributed by atoms with E-state index in [-0.39, 0.29) is 18.3 Å². The van der Waals surface area contributed by atoms with Crippen molar-refractivity contribution in [3.05, 3.63) is 62.3 Å². The van der Waals surface area contributed by atoms with Crippen molar-refractivity contribution in [3.63, 3.8) is 0 Å². The van der Waals surface area contributed by atoms with Crippen molar-refractivity contribution in [3.8, 4) is 5.75 Å². The quantitative estimate of drug-likeness (QED) is 0.341. The van der Waals surface area contributed by atoms with Crippen molar-refractivity contribution in [1.29, 1.82) is 0 Å². The monoisotopic (exact) mass is 416 g/mol. The molecule has 0 heterocycles. The van der Waals surface area contributed by atoms with Gasteiger partial charge in [-0.15, -0.1) is 0 Å². The number of amidine groups is 1. The van der Waals surface area contributed by atoms with Crippen LogP contribution in [0.5, 0.6) is 5.75 Å². The highest BCUT2D eigenvalue weighted by atomic mass is 79.9. The number of halogens is 3. The minimum absolute atomic E-state index is 0.0342. The van der Waals surface area contributed by atoms with Crippen LogP contribution in [0.1, 0.15) is 11.1 Å². The molecule has 21 heavy (non-hydrogen) atoms. The predicted octanol–water partition coefficient (Wildman–Crippen LogP) is 4.02. The molecular weight excluding hydrogens is 407 g/mol. The summed E-state index contributed by atoms with van der Waals surface area (Å²) in [5, 5.41) is 11.7. The van der Waals surface area contributed by atoms with E-state index in [0.717, 1.165) is 4.47 Å². The number of hydrogen-bond acceptors (Lipinski definition) is 3. The highest BCUT2D eigenvalue weighted by Gasteiger charge is 2.11. The third-order valence-corrected chi connectivity index (χ3v) is 3.71. The first-order valence-corrected chi connectivity index (χ1v) is 7.44. The molecule has 2 aromatic carbocycles. The Bertz CT molecular complexity index is 693. The topological polar surface area (TPSA) is 67.8 Å². The Morgan fingerprint density at radius 2 is 1.86 bits per heavy atom. The van der Waals surface area contributed by atoms with E-state index >= 15 is 0 Å². The Kier molecular flexibility index (Phi) is 5.19. The second-order valence-electron chi connectivity index (χ2n) is 4.15. The van der Waals surface area contributed by atoms with Crippen LogP contribution in [-0.2, 0) is 6.61 Å². The highest BCUT2D eigenvalue weighted by molar-refractivity contribution is 9.10. The summed E-state index contributed by atoms with van der Waals surface area (Å²) in [7, 11) is 0. The molecule has 0 unspecified atom stereocenters. The number of nitrogens with two attached hydrogens (primary N) is 1. The van der Waals surface area contributed by atoms with Gasteiger partial charge in [0.15, 0.2) is 5.84 Å². The molecule has 0 bridgehead atoms. The molecule has 0 aliphatic rings. The Morgan fingerprint density at radius 3 is 2.52 bits per heavy atom. The van der Waals surface area contributed by atoms with Gasteiger partial charge >= 0.3 is 0 Å². The Hall–Kier alpha value is -1.60. The molecule has 3 N–H and O–H groups in total. The fraction of sp³-hybridized carbons (Fsp3) is 0.0714. The van der Waals surface area contributed by atoms with Crippen LogP contribution >= 0.6 is 31.9 Å². The summed E-state index contributed by atoms with van der Waals surface area (Å²) in [5.41, 5.74) is 6.43. The number of rotatable bonds is 4. The second kappa shape index (κ2) is 6.91. The van der Waals surface area contributed by atoms with E-state index in [4.69, 9.17) is 15.7 Å². The van der Waals surface area contributed by atoms with Gasteiger partial charge in [-0.2, -0.15) is 0 Å². The average molecular weight is 418 g/mol. The summed E-state index contributed by atoms with van der Waals surface area (Å²) in [5.74, 6) is -0.0507. The van der Waals surface area contributed by atoms with Gasteiger partial charge in [0.1, 0.15) is 18.2 Å². The molecule has 0 spiro atoms. The van der Waals surface area contributed by atoms with E-state index in [0.29, 0.717) is 21.3 Å². The average Bonchev–Trinajstić information content (AvgIpc) is 2.46. The zero-order valence-electron chi connectivity index (χ0n) is 10.7. The zero-order chi connectivity index (χ0) is 15.4. The molecule has 7 heteroatoms. The molecular formula is C14H11Br2FN2O2. The van der Waals surface area contributed by atoms with Crippen LogP contribution in [0.2, 0.25) is 0 Å². The van der Waals surface area contributed by atoms with Crippen LogP contribution in [0.4, 0.5) is 4.39 Å². The molecule has 4 nitrogen and oxygen atoms in total. The lowest BCUT2D eigenvalue weighted by molar-refractivity contribution is 0.297. The Balaban J connectivity index is 2.24. The minimum atomic E-state index is -0.369. The van der Waals surface area contributed by atoms with E-state index in [1.165, 1.54) is 6.07 Å². The van der Waals surface area contributed by atoms with Gasteiger partial charge in [0.25, 0.3) is 0 Å². The van der Waals surface area contributed by atoms with Gasteiger partial charge in [-0.1, -0.05) is 43.1 Å². The van der Waals surface area contributed by atoms with E-state index in [2.05, 4.69) is 37.0 Å². The Morgan fingerprint density at radius 1 is 1.19 bits per heavy atom. The predicted molar refractivity (Wildman–Crippen MR) is 85.1 cm³/mol. The first-order valence-electron chi connectivity index (χ1n) is 5.85. The maximum absolute atomic E-state index is 13.7. The van der Waals surface area contributed by atoms with Gasteiger partial charge in [-0.05, 0) is 30.3 Å². The standard InChI is InChI=1S/C14H11Br2FN2O2/c15-9-3-4-13(11(5-9)14(18)19-20)21-7-8-1-2-10(16)6-12(8)17/h1-6,20H,7H2,(H2,18,19). The molecule has 0 atom stereocenters. The summed E-state index contributed by atoms with van der Waals surface area (Å²) in [6.07, 6.45) is 0. The zero-order valence-corrected chi connectivity index (χ0v) is 13.9. The van der Waals surface area contributed by atoms with Crippen molar-refractivity contribution in [1.82, 2.24) is 0 Å². The van der Waals surface area contributed by atoms with Crippen LogP contribution < -0.4 is 10.5 Å². The molecule has 0 aromatic heterocycles. The molecule has 0 radical (unpaired) electrons. The van der Waals surface area contributed by atoms with Crippen molar-refractivity contribution >= 4 is 37.7 Å². The van der Waals surface area contributed by atoms with Crippen molar-refractivity contribution in [2.24, 2.45) is 10.9 Å². The first kappa shape index (κ1) is 15.8. The second-order valence-corrected chi connectivity index (χ2v) is 5.98. The van der Waals surface area contributed by atoms with Gasteiger partial charge in [0.2, 0.25) is 0 Å². The van der Waals surface area contributed by atoms with E-state index in [9.17, 15) is 4.39 Å². The fourth-order valence-electron chi connectivity index (χ4n) is 1.68. The molecule has 2 aromatic rings. The van der Waals surface area contributed by atoms with Crippen molar-refractivity contribution in [2.75, 3.05) is 0 Å². The van der Waals surface area contributed by atoms with Crippen LogP contribution in [0.25, 0.3) is 0 Å². The molecule has 0 amide bonds. The third-order valence-electron chi connectivity index (χ3n) is 2.72. The van der Waals surface area contributed by atoms with Crippen LogP contribution in [-0.4, -0.2) is 11.0 Å². The van der Waals surface area contributed by atoms with Gasteiger partial charge in [-0.25, -0.2) is 4.39 Å². The molecule has 0 aliphatic carbocycles. The third kappa shape index (κ3) is 3.95. The number of benzene rings is 2. The Labute approximate surface area is 137 Å². The van der Waals surface area contributed by atoms with Crippen molar-refractivity contribution < 1.29 is 14.3 Å². The number of oxime groups is 1. The molecule has 0 saturated heterocycles. The van der Waals surface area contributed by atoms with Crippen LogP contribution in [0, 0.1) is 5.82 Å². The number of ether oxygens (including phenoxy) is 1. The molecule has 0 aliphatic heterocycles. The normalized spacial score (nSPS) is 11.5. The molecule has 110 valence electrons. The van der Waals surface area contributed by atoms with Gasteiger partial charge in [0.05, 0.1) is 5.56 Å². The number of nitrogens with zero attached hydrogens (tertiary/aromatic N) is 1.